The van der Waals surface area contributed by atoms with Gasteiger partial charge in [0.1, 0.15) is 5.57 Å². The van der Waals surface area contributed by atoms with Gasteiger partial charge in [-0.25, -0.2) is 4.90 Å². The summed E-state index contributed by atoms with van der Waals surface area (Å²) >= 11 is 0. The van der Waals surface area contributed by atoms with Crippen molar-refractivity contribution >= 4 is 28.7 Å². The van der Waals surface area contributed by atoms with Crippen LogP contribution in [0.1, 0.15) is 32.6 Å². The molecule has 4 nitrogen and oxygen atoms in total. The molecule has 6 rings (SSSR count). The van der Waals surface area contributed by atoms with E-state index in [1.165, 1.54) is 4.90 Å². The fraction of sp³-hybridized carbons (Fsp3) is 0.0270. The molecular weight excluding hydrogens is 506 g/mol. The fourth-order valence-corrected chi connectivity index (χ4v) is 4.94. The number of Topliss-reactive ketones (excluding diaryl/α,β-unsaturated/α-hetero) is 1. The van der Waals surface area contributed by atoms with Crippen LogP contribution in [0.3, 0.4) is 0 Å². The maximum absolute atomic E-state index is 14.7. The van der Waals surface area contributed by atoms with Gasteiger partial charge in [0.05, 0.1) is 11.3 Å². The van der Waals surface area contributed by atoms with E-state index in [4.69, 9.17) is 4.74 Å². The molecule has 0 atom stereocenters. The summed E-state index contributed by atoms with van der Waals surface area (Å²) in [7, 11) is 0. The number of benzene rings is 5. The molecule has 198 valence electrons. The van der Waals surface area contributed by atoms with Crippen LogP contribution in [0.5, 0.6) is 0 Å². The first-order valence-electron chi connectivity index (χ1n) is 13.5. The van der Waals surface area contributed by atoms with E-state index < -0.39 is 11.7 Å². The van der Waals surface area contributed by atoms with Crippen LogP contribution < -0.4 is 4.90 Å². The largest absolute Gasteiger partial charge is 0.438 e. The summed E-state index contributed by atoms with van der Waals surface area (Å²) in [4.78, 5) is 30.3. The smallest absolute Gasteiger partial charge is 0.273 e. The first-order valence-corrected chi connectivity index (χ1v) is 13.5. The van der Waals surface area contributed by atoms with E-state index in [2.05, 4.69) is 0 Å². The second-order valence-electron chi connectivity index (χ2n) is 9.76. The highest BCUT2D eigenvalue weighted by Gasteiger charge is 2.40. The summed E-state index contributed by atoms with van der Waals surface area (Å²) in [6.07, 6.45) is 0. The van der Waals surface area contributed by atoms with E-state index in [-0.39, 0.29) is 11.3 Å². The van der Waals surface area contributed by atoms with Crippen molar-refractivity contribution < 1.29 is 14.3 Å². The average molecular weight is 534 g/mol. The van der Waals surface area contributed by atoms with E-state index >= 15 is 0 Å². The predicted molar refractivity (Wildman–Crippen MR) is 163 cm³/mol. The minimum absolute atomic E-state index is 0.0211. The summed E-state index contributed by atoms with van der Waals surface area (Å²) in [5, 5.41) is 0. The fourth-order valence-electron chi connectivity index (χ4n) is 4.94. The molecule has 0 saturated carbocycles. The van der Waals surface area contributed by atoms with Gasteiger partial charge in [-0.3, -0.25) is 9.59 Å². The van der Waals surface area contributed by atoms with Crippen LogP contribution in [-0.2, 0) is 9.53 Å². The van der Waals surface area contributed by atoms with Gasteiger partial charge in [-0.1, -0.05) is 139 Å². The van der Waals surface area contributed by atoms with Gasteiger partial charge in [-0.15, -0.1) is 0 Å². The van der Waals surface area contributed by atoms with Gasteiger partial charge in [0.15, 0.2) is 5.76 Å². The van der Waals surface area contributed by atoms with Gasteiger partial charge in [0.25, 0.3) is 5.91 Å². The number of rotatable bonds is 6. The highest BCUT2D eigenvalue weighted by molar-refractivity contribution is 6.34. The van der Waals surface area contributed by atoms with Crippen molar-refractivity contribution in [3.63, 3.8) is 0 Å². The van der Waals surface area contributed by atoms with Crippen LogP contribution in [0, 0.1) is 6.92 Å². The number of carbonyl (C=O) groups excluding carboxylic acids is 2. The third kappa shape index (κ3) is 5.11. The van der Waals surface area contributed by atoms with Crippen molar-refractivity contribution in [2.24, 2.45) is 0 Å². The normalized spacial score (nSPS) is 13.1. The number of hydrogen-bond acceptors (Lipinski definition) is 3. The Morgan fingerprint density at radius 3 is 1.56 bits per heavy atom. The van der Waals surface area contributed by atoms with Crippen molar-refractivity contribution in [1.29, 1.82) is 0 Å². The van der Waals surface area contributed by atoms with E-state index in [1.807, 2.05) is 128 Å². The molecule has 5 aromatic carbocycles. The van der Waals surface area contributed by atoms with Crippen LogP contribution in [0.4, 0.5) is 5.69 Å². The van der Waals surface area contributed by atoms with Gasteiger partial charge in [0, 0.05) is 11.1 Å². The summed E-state index contributed by atoms with van der Waals surface area (Å²) in [5.74, 6) is -0.286. The first kappa shape index (κ1) is 25.8. The van der Waals surface area contributed by atoms with Crippen molar-refractivity contribution in [1.82, 2.24) is 0 Å². The van der Waals surface area contributed by atoms with Crippen molar-refractivity contribution in [2.75, 3.05) is 4.90 Å². The Bertz CT molecular complexity index is 1720. The lowest BCUT2D eigenvalue weighted by Gasteiger charge is -2.34. The average Bonchev–Trinajstić information content (AvgIpc) is 3.03. The molecule has 0 N–H and O–H groups in total. The minimum Gasteiger partial charge on any atom is -0.438 e. The molecule has 0 aliphatic carbocycles. The van der Waals surface area contributed by atoms with Gasteiger partial charge in [-0.2, -0.15) is 0 Å². The Kier molecular flexibility index (Phi) is 7.12. The molecular formula is C37H27NO3. The van der Waals surface area contributed by atoms with Crippen LogP contribution in [0.25, 0.3) is 11.3 Å². The molecule has 0 unspecified atom stereocenters. The summed E-state index contributed by atoms with van der Waals surface area (Å²) in [6, 6.07) is 45.5. The lowest BCUT2D eigenvalue weighted by atomic mass is 9.94. The topological polar surface area (TPSA) is 46.6 Å². The Labute approximate surface area is 239 Å². The second-order valence-corrected chi connectivity index (χ2v) is 9.76. The molecule has 0 fully saturated rings. The predicted octanol–water partition coefficient (Wildman–Crippen LogP) is 8.07. The van der Waals surface area contributed by atoms with Crippen molar-refractivity contribution in [2.45, 2.75) is 6.92 Å². The number of nitrogens with zero attached hydrogens (tertiary/aromatic N) is 1. The van der Waals surface area contributed by atoms with Crippen molar-refractivity contribution in [3.05, 3.63) is 185 Å². The van der Waals surface area contributed by atoms with E-state index in [1.54, 1.807) is 24.3 Å². The number of ketones is 1. The Hall–Kier alpha value is -5.48. The van der Waals surface area contributed by atoms with Gasteiger partial charge >= 0.3 is 0 Å². The van der Waals surface area contributed by atoms with Crippen LogP contribution in [0.15, 0.2) is 157 Å². The zero-order valence-corrected chi connectivity index (χ0v) is 22.5. The number of carbonyl (C=O) groups is 2. The monoisotopic (exact) mass is 533 g/mol. The zero-order valence-electron chi connectivity index (χ0n) is 22.5. The third-order valence-corrected chi connectivity index (χ3v) is 6.98. The zero-order chi connectivity index (χ0) is 28.2. The molecule has 1 amide bonds. The van der Waals surface area contributed by atoms with Crippen LogP contribution in [0.2, 0.25) is 0 Å². The summed E-state index contributed by atoms with van der Waals surface area (Å²) in [5.41, 5.74) is 5.18. The van der Waals surface area contributed by atoms with Gasteiger partial charge in [-0.05, 0) is 30.2 Å². The first-order chi connectivity index (χ1) is 20.1. The van der Waals surface area contributed by atoms with Crippen molar-refractivity contribution in [3.8, 4) is 0 Å². The van der Waals surface area contributed by atoms with E-state index in [9.17, 15) is 9.59 Å². The lowest BCUT2D eigenvalue weighted by Crippen LogP contribution is -2.40. The Balaban J connectivity index is 1.69. The number of amides is 1. The van der Waals surface area contributed by atoms with Gasteiger partial charge < -0.3 is 4.74 Å². The molecule has 41 heavy (non-hydrogen) atoms. The lowest BCUT2D eigenvalue weighted by molar-refractivity contribution is -0.115. The summed E-state index contributed by atoms with van der Waals surface area (Å²) < 4.78 is 6.81. The molecule has 1 aliphatic heterocycles. The molecule has 0 aromatic heterocycles. The molecule has 5 aromatic rings. The molecule has 0 spiro atoms. The number of anilines is 1. The molecule has 4 heteroatoms. The number of ether oxygens (including phenoxy) is 1. The number of hydrogen-bond donors (Lipinski definition) is 0. The molecule has 0 bridgehead atoms. The molecule has 0 radical (unpaired) electrons. The molecule has 1 aliphatic rings. The second kappa shape index (κ2) is 11.3. The van der Waals surface area contributed by atoms with E-state index in [0.717, 1.165) is 22.3 Å². The molecule has 0 saturated heterocycles. The third-order valence-electron chi connectivity index (χ3n) is 6.98. The minimum atomic E-state index is -0.452. The SMILES string of the molecule is Cc1ccc(N2C(=O)C(C(=O)c3ccccc3)=C(c3ccccc3)OC2=C(c2ccccc2)c2ccccc2)cc1. The highest BCUT2D eigenvalue weighted by Crippen LogP contribution is 2.41. The quantitative estimate of drug-likeness (QED) is 0.164. The standard InChI is InChI=1S/C37H27NO3/c1-26-22-24-31(25-23-26)38-36(40)33(34(39)29-18-10-4-11-19-29)35(30-20-12-5-13-21-30)41-37(38)32(27-14-6-2-7-15-27)28-16-8-3-9-17-28/h2-25H,1H3. The van der Waals surface area contributed by atoms with Crippen LogP contribution >= 0.6 is 0 Å². The number of aryl methyl sites for hydroxylation is 1. The van der Waals surface area contributed by atoms with E-state index in [0.29, 0.717) is 22.7 Å². The highest BCUT2D eigenvalue weighted by atomic mass is 16.5. The van der Waals surface area contributed by atoms with Gasteiger partial charge in [0.2, 0.25) is 11.7 Å². The Morgan fingerprint density at radius 1 is 0.585 bits per heavy atom. The summed E-state index contributed by atoms with van der Waals surface area (Å²) in [6.45, 7) is 1.99. The van der Waals surface area contributed by atoms with Crippen LogP contribution in [-0.4, -0.2) is 11.7 Å². The maximum atomic E-state index is 14.7. The molecule has 1 heterocycles. The maximum Gasteiger partial charge on any atom is 0.273 e. The Morgan fingerprint density at radius 2 is 1.05 bits per heavy atom.